The standard InChI is InChI=1S/C12H25N3O/c1-10(2)16-7-6-15(3)9-12(4-5-12)8-11(13)14/h10H,4-9H2,1-3H3,(H3,13,14). The summed E-state index contributed by atoms with van der Waals surface area (Å²) < 4.78 is 5.52. The Bertz CT molecular complexity index is 236. The summed E-state index contributed by atoms with van der Waals surface area (Å²) in [6.45, 7) is 6.88. The van der Waals surface area contributed by atoms with Crippen LogP contribution < -0.4 is 5.73 Å². The highest BCUT2D eigenvalue weighted by Crippen LogP contribution is 2.49. The molecule has 4 nitrogen and oxygen atoms in total. The van der Waals surface area contributed by atoms with Crippen LogP contribution in [0.2, 0.25) is 0 Å². The van der Waals surface area contributed by atoms with Gasteiger partial charge in [-0.3, -0.25) is 5.41 Å². The molecule has 0 amide bonds. The number of likely N-dealkylation sites (N-methyl/N-ethyl adjacent to an activating group) is 1. The third-order valence-electron chi connectivity index (χ3n) is 3.05. The van der Waals surface area contributed by atoms with Gasteiger partial charge in [0, 0.05) is 19.5 Å². The summed E-state index contributed by atoms with van der Waals surface area (Å²) in [6, 6.07) is 0. The van der Waals surface area contributed by atoms with Gasteiger partial charge in [-0.1, -0.05) is 0 Å². The van der Waals surface area contributed by atoms with Crippen molar-refractivity contribution in [3.63, 3.8) is 0 Å². The van der Waals surface area contributed by atoms with Crippen molar-refractivity contribution in [2.45, 2.75) is 39.2 Å². The van der Waals surface area contributed by atoms with E-state index in [0.29, 0.717) is 17.4 Å². The lowest BCUT2D eigenvalue weighted by Gasteiger charge is -2.23. The molecule has 0 saturated heterocycles. The van der Waals surface area contributed by atoms with Crippen LogP contribution in [0.25, 0.3) is 0 Å². The van der Waals surface area contributed by atoms with E-state index in [1.807, 2.05) is 0 Å². The van der Waals surface area contributed by atoms with E-state index < -0.39 is 0 Å². The van der Waals surface area contributed by atoms with Crippen LogP contribution in [0.3, 0.4) is 0 Å². The second-order valence-electron chi connectivity index (χ2n) is 5.36. The molecule has 3 N–H and O–H groups in total. The SMILES string of the molecule is CC(C)OCCN(C)CC1(CC(=N)N)CC1. The smallest absolute Gasteiger partial charge is 0.0911 e. The lowest BCUT2D eigenvalue weighted by atomic mass is 10.0. The van der Waals surface area contributed by atoms with Gasteiger partial charge >= 0.3 is 0 Å². The van der Waals surface area contributed by atoms with Crippen LogP contribution in [-0.2, 0) is 4.74 Å². The van der Waals surface area contributed by atoms with Gasteiger partial charge in [0.15, 0.2) is 0 Å². The van der Waals surface area contributed by atoms with Crippen LogP contribution in [0.4, 0.5) is 0 Å². The molecular formula is C12H25N3O. The molecule has 0 aromatic rings. The molecule has 0 heterocycles. The fourth-order valence-electron chi connectivity index (χ4n) is 2.07. The third-order valence-corrected chi connectivity index (χ3v) is 3.05. The zero-order valence-electron chi connectivity index (χ0n) is 10.8. The first-order valence-electron chi connectivity index (χ1n) is 6.07. The highest BCUT2D eigenvalue weighted by atomic mass is 16.5. The maximum atomic E-state index is 7.36. The number of hydrogen-bond acceptors (Lipinski definition) is 3. The van der Waals surface area contributed by atoms with Crippen LogP contribution in [0.5, 0.6) is 0 Å². The molecule has 0 atom stereocenters. The first-order valence-corrected chi connectivity index (χ1v) is 6.07. The van der Waals surface area contributed by atoms with E-state index in [-0.39, 0.29) is 0 Å². The van der Waals surface area contributed by atoms with Crippen LogP contribution in [0, 0.1) is 10.8 Å². The molecule has 0 spiro atoms. The van der Waals surface area contributed by atoms with Gasteiger partial charge in [-0.15, -0.1) is 0 Å². The van der Waals surface area contributed by atoms with E-state index in [2.05, 4.69) is 25.8 Å². The summed E-state index contributed by atoms with van der Waals surface area (Å²) in [7, 11) is 2.11. The highest BCUT2D eigenvalue weighted by Gasteiger charge is 2.43. The molecule has 94 valence electrons. The van der Waals surface area contributed by atoms with Gasteiger partial charge in [0.25, 0.3) is 0 Å². The van der Waals surface area contributed by atoms with Crippen LogP contribution >= 0.6 is 0 Å². The summed E-state index contributed by atoms with van der Waals surface area (Å²) >= 11 is 0. The van der Waals surface area contributed by atoms with E-state index in [1.165, 1.54) is 12.8 Å². The number of nitrogens with two attached hydrogens (primary N) is 1. The number of nitrogens with zero attached hydrogens (tertiary/aromatic N) is 1. The molecule has 0 aliphatic heterocycles. The van der Waals surface area contributed by atoms with Crippen molar-refractivity contribution in [1.82, 2.24) is 4.90 Å². The summed E-state index contributed by atoms with van der Waals surface area (Å²) in [4.78, 5) is 2.29. The van der Waals surface area contributed by atoms with Crippen molar-refractivity contribution < 1.29 is 4.74 Å². The molecule has 0 radical (unpaired) electrons. The highest BCUT2D eigenvalue weighted by molar-refractivity contribution is 5.78. The molecule has 1 fully saturated rings. The molecule has 1 rings (SSSR count). The average Bonchev–Trinajstić information content (AvgIpc) is 2.82. The van der Waals surface area contributed by atoms with Gasteiger partial charge in [-0.25, -0.2) is 0 Å². The molecular weight excluding hydrogens is 202 g/mol. The third kappa shape index (κ3) is 4.94. The largest absolute Gasteiger partial charge is 0.388 e. The van der Waals surface area contributed by atoms with Gasteiger partial charge in [0.05, 0.1) is 18.5 Å². The number of ether oxygens (including phenoxy) is 1. The molecule has 1 aliphatic rings. The minimum atomic E-state index is 0.304. The predicted molar refractivity (Wildman–Crippen MR) is 66.8 cm³/mol. The first kappa shape index (κ1) is 13.5. The summed E-state index contributed by atoms with van der Waals surface area (Å²) in [6.07, 6.45) is 3.48. The van der Waals surface area contributed by atoms with Crippen LogP contribution in [0.15, 0.2) is 0 Å². The Morgan fingerprint density at radius 3 is 2.56 bits per heavy atom. The molecule has 16 heavy (non-hydrogen) atoms. The number of rotatable bonds is 8. The summed E-state index contributed by atoms with van der Waals surface area (Å²) in [5.41, 5.74) is 5.78. The quantitative estimate of drug-likeness (QED) is 0.487. The monoisotopic (exact) mass is 227 g/mol. The topological polar surface area (TPSA) is 62.3 Å². The zero-order chi connectivity index (χ0) is 12.2. The molecule has 0 bridgehead atoms. The van der Waals surface area contributed by atoms with E-state index in [0.717, 1.165) is 26.1 Å². The molecule has 0 aromatic carbocycles. The van der Waals surface area contributed by atoms with Gasteiger partial charge in [-0.05, 0) is 39.2 Å². The van der Waals surface area contributed by atoms with Gasteiger partial charge < -0.3 is 15.4 Å². The number of hydrogen-bond donors (Lipinski definition) is 2. The number of amidine groups is 1. The van der Waals surface area contributed by atoms with E-state index in [9.17, 15) is 0 Å². The average molecular weight is 227 g/mol. The minimum absolute atomic E-state index is 0.304. The summed E-state index contributed by atoms with van der Waals surface area (Å²) in [5.74, 6) is 0.323. The first-order chi connectivity index (χ1) is 7.43. The Morgan fingerprint density at radius 2 is 2.12 bits per heavy atom. The van der Waals surface area contributed by atoms with E-state index >= 15 is 0 Å². The zero-order valence-corrected chi connectivity index (χ0v) is 10.8. The Kier molecular flexibility index (Phi) is 4.74. The van der Waals surface area contributed by atoms with Gasteiger partial charge in [0.2, 0.25) is 0 Å². The lowest BCUT2D eigenvalue weighted by Crippen LogP contribution is -2.32. The van der Waals surface area contributed by atoms with Crippen molar-refractivity contribution >= 4 is 5.84 Å². The van der Waals surface area contributed by atoms with Crippen molar-refractivity contribution in [1.29, 1.82) is 5.41 Å². The van der Waals surface area contributed by atoms with E-state index in [1.54, 1.807) is 0 Å². The summed E-state index contributed by atoms with van der Waals surface area (Å²) in [5, 5.41) is 7.36. The molecule has 0 aromatic heterocycles. The van der Waals surface area contributed by atoms with Crippen LogP contribution in [-0.4, -0.2) is 43.6 Å². The second-order valence-corrected chi connectivity index (χ2v) is 5.36. The Labute approximate surface area is 98.6 Å². The second kappa shape index (κ2) is 5.64. The minimum Gasteiger partial charge on any atom is -0.388 e. The Hall–Kier alpha value is -0.610. The Balaban J connectivity index is 2.18. The molecule has 1 aliphatic carbocycles. The van der Waals surface area contributed by atoms with Crippen LogP contribution in [0.1, 0.15) is 33.1 Å². The fourth-order valence-corrected chi connectivity index (χ4v) is 2.07. The van der Waals surface area contributed by atoms with Crippen molar-refractivity contribution in [3.8, 4) is 0 Å². The van der Waals surface area contributed by atoms with Crippen molar-refractivity contribution in [3.05, 3.63) is 0 Å². The van der Waals surface area contributed by atoms with Crippen molar-refractivity contribution in [2.24, 2.45) is 11.1 Å². The maximum Gasteiger partial charge on any atom is 0.0911 e. The molecule has 0 unspecified atom stereocenters. The number of nitrogens with one attached hydrogen (secondary N) is 1. The lowest BCUT2D eigenvalue weighted by molar-refractivity contribution is 0.0606. The Morgan fingerprint density at radius 1 is 1.50 bits per heavy atom. The normalized spacial score (nSPS) is 18.1. The van der Waals surface area contributed by atoms with Crippen molar-refractivity contribution in [2.75, 3.05) is 26.7 Å². The molecule has 4 heteroatoms. The fraction of sp³-hybridized carbons (Fsp3) is 0.917. The van der Waals surface area contributed by atoms with Gasteiger partial charge in [-0.2, -0.15) is 0 Å². The van der Waals surface area contributed by atoms with Gasteiger partial charge in [0.1, 0.15) is 0 Å². The maximum absolute atomic E-state index is 7.36. The predicted octanol–water partition coefficient (Wildman–Crippen LogP) is 1.45. The van der Waals surface area contributed by atoms with E-state index in [4.69, 9.17) is 15.9 Å². The molecule has 1 saturated carbocycles.